The van der Waals surface area contributed by atoms with E-state index >= 15 is 0 Å². The zero-order valence-corrected chi connectivity index (χ0v) is 15.1. The minimum atomic E-state index is -0.165. The Kier molecular flexibility index (Phi) is 5.63. The van der Waals surface area contributed by atoms with Gasteiger partial charge in [0.05, 0.1) is 10.7 Å². The first-order valence-corrected chi connectivity index (χ1v) is 8.60. The van der Waals surface area contributed by atoms with Crippen LogP contribution in [0.4, 0.5) is 5.69 Å². The van der Waals surface area contributed by atoms with Crippen molar-refractivity contribution in [3.05, 3.63) is 53.1 Å². The van der Waals surface area contributed by atoms with Crippen LogP contribution in [-0.4, -0.2) is 25.2 Å². The molecule has 0 aliphatic carbocycles. The summed E-state index contributed by atoms with van der Waals surface area (Å²) >= 11 is 6.15. The van der Waals surface area contributed by atoms with Gasteiger partial charge in [0.1, 0.15) is 0 Å². The predicted octanol–water partition coefficient (Wildman–Crippen LogP) is 3.13. The Balaban J connectivity index is 1.54. The summed E-state index contributed by atoms with van der Waals surface area (Å²) < 4.78 is 10.6. The summed E-state index contributed by atoms with van der Waals surface area (Å²) in [6.45, 7) is 2.30. The molecule has 0 bridgehead atoms. The highest BCUT2D eigenvalue weighted by atomic mass is 35.5. The lowest BCUT2D eigenvalue weighted by Crippen LogP contribution is -2.33. The van der Waals surface area contributed by atoms with Crippen LogP contribution >= 0.6 is 11.6 Å². The van der Waals surface area contributed by atoms with Crippen LogP contribution in [0.15, 0.2) is 42.5 Å². The van der Waals surface area contributed by atoms with Crippen molar-refractivity contribution in [1.82, 2.24) is 5.32 Å². The molecule has 2 aromatic carbocycles. The van der Waals surface area contributed by atoms with Gasteiger partial charge in [0, 0.05) is 26.4 Å². The fourth-order valence-electron chi connectivity index (χ4n) is 2.67. The summed E-state index contributed by atoms with van der Waals surface area (Å²) in [5.74, 6) is 1.07. The Morgan fingerprint density at radius 2 is 1.92 bits per heavy atom. The molecule has 0 unspecified atom stereocenters. The predicted molar refractivity (Wildman–Crippen MR) is 98.5 cm³/mol. The van der Waals surface area contributed by atoms with Gasteiger partial charge in [0.15, 0.2) is 11.5 Å². The molecule has 0 aromatic heterocycles. The van der Waals surface area contributed by atoms with E-state index in [1.54, 1.807) is 24.3 Å². The van der Waals surface area contributed by atoms with Gasteiger partial charge < -0.3 is 19.7 Å². The number of fused-ring (bicyclic) bond motifs is 1. The normalized spacial score (nSPS) is 11.9. The number of nitrogens with zero attached hydrogens (tertiary/aromatic N) is 1. The van der Waals surface area contributed by atoms with Gasteiger partial charge in [0.2, 0.25) is 18.6 Å². The second-order valence-corrected chi connectivity index (χ2v) is 6.24. The highest BCUT2D eigenvalue weighted by Crippen LogP contribution is 2.32. The maximum atomic E-state index is 12.2. The van der Waals surface area contributed by atoms with Gasteiger partial charge in [-0.25, -0.2) is 0 Å². The van der Waals surface area contributed by atoms with Gasteiger partial charge in [-0.1, -0.05) is 29.8 Å². The number of hydrogen-bond donors (Lipinski definition) is 1. The molecule has 136 valence electrons. The summed E-state index contributed by atoms with van der Waals surface area (Å²) in [6.07, 6.45) is 0.176. The van der Waals surface area contributed by atoms with Crippen LogP contribution in [0, 0.1) is 0 Å². The second-order valence-electron chi connectivity index (χ2n) is 5.84. The number of halogens is 1. The van der Waals surface area contributed by atoms with Crippen LogP contribution in [0.5, 0.6) is 11.5 Å². The fraction of sp³-hybridized carbons (Fsp3) is 0.263. The third-order valence-electron chi connectivity index (χ3n) is 4.01. The van der Waals surface area contributed by atoms with E-state index in [1.807, 2.05) is 18.2 Å². The van der Waals surface area contributed by atoms with Crippen molar-refractivity contribution in [2.75, 3.05) is 18.2 Å². The molecule has 26 heavy (non-hydrogen) atoms. The van der Waals surface area contributed by atoms with Crippen LogP contribution in [0.1, 0.15) is 18.9 Å². The number of rotatable bonds is 6. The van der Waals surface area contributed by atoms with Crippen LogP contribution < -0.4 is 19.7 Å². The van der Waals surface area contributed by atoms with Crippen molar-refractivity contribution in [3.63, 3.8) is 0 Å². The molecule has 2 aromatic rings. The van der Waals surface area contributed by atoms with E-state index in [0.29, 0.717) is 28.8 Å². The number of hydrogen-bond acceptors (Lipinski definition) is 4. The molecule has 1 aliphatic heterocycles. The van der Waals surface area contributed by atoms with E-state index < -0.39 is 0 Å². The van der Waals surface area contributed by atoms with Crippen molar-refractivity contribution in [2.45, 2.75) is 19.9 Å². The molecule has 0 saturated carbocycles. The van der Waals surface area contributed by atoms with Crippen LogP contribution in [0.3, 0.4) is 0 Å². The first-order valence-electron chi connectivity index (χ1n) is 8.22. The SMILES string of the molecule is CC(=O)N(CCC(=O)NCc1ccc2c(c1)OCO2)c1ccccc1Cl. The van der Waals surface area contributed by atoms with Crippen LogP contribution in [0.2, 0.25) is 5.02 Å². The summed E-state index contributed by atoms with van der Waals surface area (Å²) in [7, 11) is 0. The average molecular weight is 375 g/mol. The van der Waals surface area contributed by atoms with Crippen LogP contribution in [0.25, 0.3) is 0 Å². The molecule has 0 radical (unpaired) electrons. The minimum absolute atomic E-state index is 0.152. The topological polar surface area (TPSA) is 67.9 Å². The lowest BCUT2D eigenvalue weighted by molar-refractivity contribution is -0.121. The maximum Gasteiger partial charge on any atom is 0.231 e. The molecule has 0 atom stereocenters. The lowest BCUT2D eigenvalue weighted by atomic mass is 10.2. The van der Waals surface area contributed by atoms with Gasteiger partial charge in [-0.05, 0) is 29.8 Å². The molecule has 7 heteroatoms. The molecular weight excluding hydrogens is 356 g/mol. The number of nitrogens with one attached hydrogen (secondary N) is 1. The van der Waals surface area contributed by atoms with E-state index in [1.165, 1.54) is 11.8 Å². The highest BCUT2D eigenvalue weighted by Gasteiger charge is 2.16. The number of carbonyl (C=O) groups excluding carboxylic acids is 2. The third-order valence-corrected chi connectivity index (χ3v) is 4.33. The zero-order valence-electron chi connectivity index (χ0n) is 14.3. The second kappa shape index (κ2) is 8.10. The molecule has 6 nitrogen and oxygen atoms in total. The summed E-state index contributed by atoms with van der Waals surface area (Å²) in [4.78, 5) is 25.6. The molecule has 0 saturated heterocycles. The Hall–Kier alpha value is -2.73. The quantitative estimate of drug-likeness (QED) is 0.843. The maximum absolute atomic E-state index is 12.2. The van der Waals surface area contributed by atoms with Crippen LogP contribution in [-0.2, 0) is 16.1 Å². The fourth-order valence-corrected chi connectivity index (χ4v) is 2.91. The average Bonchev–Trinajstić information content (AvgIpc) is 3.09. The molecular formula is C19H19ClN2O4. The molecule has 2 amide bonds. The molecule has 1 N–H and O–H groups in total. The molecule has 1 aliphatic rings. The zero-order chi connectivity index (χ0) is 18.5. The Bertz CT molecular complexity index is 825. The van der Waals surface area contributed by atoms with Crippen molar-refractivity contribution >= 4 is 29.1 Å². The molecule has 0 fully saturated rings. The number of anilines is 1. The highest BCUT2D eigenvalue weighted by molar-refractivity contribution is 6.33. The van der Waals surface area contributed by atoms with Gasteiger partial charge in [-0.2, -0.15) is 0 Å². The third kappa shape index (κ3) is 4.26. The first kappa shape index (κ1) is 18.1. The van der Waals surface area contributed by atoms with Crippen molar-refractivity contribution in [3.8, 4) is 11.5 Å². The van der Waals surface area contributed by atoms with Gasteiger partial charge >= 0.3 is 0 Å². The van der Waals surface area contributed by atoms with E-state index in [2.05, 4.69) is 5.32 Å². The first-order chi connectivity index (χ1) is 12.5. The standard InChI is InChI=1S/C19H19ClN2O4/c1-13(23)22(16-5-3-2-4-15(16)20)9-8-19(24)21-11-14-6-7-17-18(10-14)26-12-25-17/h2-7,10H,8-9,11-12H2,1H3,(H,21,24). The molecule has 0 spiro atoms. The Morgan fingerprint density at radius 3 is 2.69 bits per heavy atom. The number of amides is 2. The van der Waals surface area contributed by atoms with Crippen molar-refractivity contribution in [2.24, 2.45) is 0 Å². The Labute approximate surface area is 156 Å². The van der Waals surface area contributed by atoms with Gasteiger partial charge in [-0.15, -0.1) is 0 Å². The monoisotopic (exact) mass is 374 g/mol. The molecule has 1 heterocycles. The van der Waals surface area contributed by atoms with Crippen molar-refractivity contribution in [1.29, 1.82) is 0 Å². The van der Waals surface area contributed by atoms with E-state index in [4.69, 9.17) is 21.1 Å². The number of para-hydroxylation sites is 1. The van der Waals surface area contributed by atoms with Gasteiger partial charge in [-0.3, -0.25) is 9.59 Å². The minimum Gasteiger partial charge on any atom is -0.454 e. The van der Waals surface area contributed by atoms with Gasteiger partial charge in [0.25, 0.3) is 0 Å². The van der Waals surface area contributed by atoms with E-state index in [9.17, 15) is 9.59 Å². The van der Waals surface area contributed by atoms with E-state index in [-0.39, 0.29) is 31.6 Å². The number of carbonyl (C=O) groups is 2. The summed E-state index contributed by atoms with van der Waals surface area (Å²) in [6, 6.07) is 12.6. The van der Waals surface area contributed by atoms with E-state index in [0.717, 1.165) is 5.56 Å². The summed E-state index contributed by atoms with van der Waals surface area (Å²) in [5.41, 5.74) is 1.52. The van der Waals surface area contributed by atoms with Crippen molar-refractivity contribution < 1.29 is 19.1 Å². The largest absolute Gasteiger partial charge is 0.454 e. The summed E-state index contributed by atoms with van der Waals surface area (Å²) in [5, 5.41) is 3.32. The Morgan fingerprint density at radius 1 is 1.15 bits per heavy atom. The molecule has 3 rings (SSSR count). The number of ether oxygens (including phenoxy) is 2. The smallest absolute Gasteiger partial charge is 0.231 e. The lowest BCUT2D eigenvalue weighted by Gasteiger charge is -2.22. The number of benzene rings is 2.